The summed E-state index contributed by atoms with van der Waals surface area (Å²) in [6.07, 6.45) is 1.64. The first kappa shape index (κ1) is 19.9. The molecule has 0 amide bonds. The number of hydrazine groups is 1. The molecule has 2 aromatic carbocycles. The van der Waals surface area contributed by atoms with Crippen LogP contribution in [0.5, 0.6) is 11.5 Å². The van der Waals surface area contributed by atoms with Gasteiger partial charge in [0, 0.05) is 6.20 Å². The number of hydrogen-bond donors (Lipinski definition) is 4. The number of nitrogens with zero attached hydrogens (tertiary/aromatic N) is 1. The van der Waals surface area contributed by atoms with Crippen molar-refractivity contribution in [2.45, 2.75) is 27.1 Å². The molecule has 0 aliphatic heterocycles. The van der Waals surface area contributed by atoms with E-state index in [1.165, 1.54) is 0 Å². The molecular weight excluding hydrogens is 358 g/mol. The minimum absolute atomic E-state index is 0.191. The minimum atomic E-state index is -0.216. The Morgan fingerprint density at radius 3 is 2.32 bits per heavy atom. The summed E-state index contributed by atoms with van der Waals surface area (Å²) >= 11 is 0. The molecule has 3 rings (SSSR count). The largest absolute Gasteiger partial charge is 0.490 e. The Bertz CT molecular complexity index is 976. The maximum absolute atomic E-state index is 10.1. The van der Waals surface area contributed by atoms with Crippen LogP contribution in [-0.4, -0.2) is 28.4 Å². The second-order valence-electron chi connectivity index (χ2n) is 6.17. The molecule has 7 nitrogen and oxygen atoms in total. The van der Waals surface area contributed by atoms with Crippen LogP contribution in [0.3, 0.4) is 0 Å². The Kier molecular flexibility index (Phi) is 6.30. The Labute approximate surface area is 163 Å². The van der Waals surface area contributed by atoms with Gasteiger partial charge in [-0.05, 0) is 77.2 Å². The molecule has 0 aliphatic carbocycles. The second kappa shape index (κ2) is 8.88. The summed E-state index contributed by atoms with van der Waals surface area (Å²) in [6.45, 7) is 4.43. The SMILES string of the molecule is CCOc1cc2cc(CO)c(CO)c(-c3ccnc(NN)c3)c2cc1OCC. The van der Waals surface area contributed by atoms with Crippen LogP contribution in [0.25, 0.3) is 21.9 Å². The normalized spacial score (nSPS) is 10.9. The third-order valence-electron chi connectivity index (χ3n) is 4.53. The van der Waals surface area contributed by atoms with Gasteiger partial charge in [0.2, 0.25) is 0 Å². The van der Waals surface area contributed by atoms with Crippen molar-refractivity contribution >= 4 is 16.6 Å². The lowest BCUT2D eigenvalue weighted by molar-refractivity contribution is 0.260. The molecule has 0 fully saturated rings. The number of pyridine rings is 1. The Balaban J connectivity index is 2.38. The topological polar surface area (TPSA) is 110 Å². The molecule has 0 radical (unpaired) electrons. The van der Waals surface area contributed by atoms with Gasteiger partial charge >= 0.3 is 0 Å². The maximum atomic E-state index is 10.1. The molecule has 1 aromatic heterocycles. The van der Waals surface area contributed by atoms with Crippen LogP contribution in [0.1, 0.15) is 25.0 Å². The van der Waals surface area contributed by atoms with E-state index in [1.54, 1.807) is 12.3 Å². The van der Waals surface area contributed by atoms with E-state index in [2.05, 4.69) is 10.4 Å². The summed E-state index contributed by atoms with van der Waals surface area (Å²) in [5.74, 6) is 7.29. The number of nitrogen functional groups attached to an aromatic ring is 1. The molecule has 0 unspecified atom stereocenters. The van der Waals surface area contributed by atoms with Crippen molar-refractivity contribution in [3.05, 3.63) is 47.7 Å². The van der Waals surface area contributed by atoms with Crippen molar-refractivity contribution < 1.29 is 19.7 Å². The zero-order valence-corrected chi connectivity index (χ0v) is 16.0. The standard InChI is InChI=1S/C21H25N3O4/c1-3-27-18-8-14-7-15(11-25)17(12-26)21(16(14)10-19(18)28-4-2)13-5-6-23-20(9-13)24-22/h5-10,25-26H,3-4,11-12,22H2,1-2H3,(H,23,24). The van der Waals surface area contributed by atoms with Gasteiger partial charge in [-0.1, -0.05) is 0 Å². The van der Waals surface area contributed by atoms with Gasteiger partial charge in [0.05, 0.1) is 26.4 Å². The van der Waals surface area contributed by atoms with Crippen molar-refractivity contribution in [3.63, 3.8) is 0 Å². The number of nitrogens with two attached hydrogens (primary N) is 1. The van der Waals surface area contributed by atoms with Crippen molar-refractivity contribution in [2.24, 2.45) is 5.84 Å². The van der Waals surface area contributed by atoms with Gasteiger partial charge in [-0.25, -0.2) is 10.8 Å². The average molecular weight is 383 g/mol. The van der Waals surface area contributed by atoms with E-state index < -0.39 is 0 Å². The van der Waals surface area contributed by atoms with E-state index in [9.17, 15) is 10.2 Å². The molecule has 5 N–H and O–H groups in total. The van der Waals surface area contributed by atoms with Crippen LogP contribution in [0.2, 0.25) is 0 Å². The monoisotopic (exact) mass is 383 g/mol. The number of ether oxygens (including phenoxy) is 2. The van der Waals surface area contributed by atoms with Crippen molar-refractivity contribution in [2.75, 3.05) is 18.6 Å². The molecule has 148 valence electrons. The minimum Gasteiger partial charge on any atom is -0.490 e. The van der Waals surface area contributed by atoms with Crippen molar-refractivity contribution in [3.8, 4) is 22.6 Å². The van der Waals surface area contributed by atoms with Gasteiger partial charge < -0.3 is 25.1 Å². The number of nitrogens with one attached hydrogen (secondary N) is 1. The number of anilines is 1. The molecule has 3 aromatic rings. The fourth-order valence-corrected chi connectivity index (χ4v) is 3.36. The Morgan fingerprint density at radius 2 is 1.71 bits per heavy atom. The predicted octanol–water partition coefficient (Wildman–Crippen LogP) is 2.97. The number of hydrogen-bond acceptors (Lipinski definition) is 7. The summed E-state index contributed by atoms with van der Waals surface area (Å²) < 4.78 is 11.5. The Morgan fingerprint density at radius 1 is 1.00 bits per heavy atom. The number of aromatic nitrogens is 1. The summed E-state index contributed by atoms with van der Waals surface area (Å²) in [6, 6.07) is 9.32. The third-order valence-corrected chi connectivity index (χ3v) is 4.53. The quantitative estimate of drug-likeness (QED) is 0.350. The van der Waals surface area contributed by atoms with Crippen LogP contribution in [0.4, 0.5) is 5.82 Å². The van der Waals surface area contributed by atoms with Gasteiger partial charge in [-0.3, -0.25) is 0 Å². The van der Waals surface area contributed by atoms with Crippen molar-refractivity contribution in [1.82, 2.24) is 4.98 Å². The van der Waals surface area contributed by atoms with E-state index in [1.807, 2.05) is 38.1 Å². The van der Waals surface area contributed by atoms with E-state index in [0.29, 0.717) is 41.7 Å². The molecule has 0 bridgehead atoms. The lowest BCUT2D eigenvalue weighted by atomic mass is 9.90. The summed E-state index contributed by atoms with van der Waals surface area (Å²) in [4.78, 5) is 4.15. The zero-order valence-electron chi connectivity index (χ0n) is 16.0. The highest BCUT2D eigenvalue weighted by atomic mass is 16.5. The van der Waals surface area contributed by atoms with E-state index in [-0.39, 0.29) is 13.2 Å². The van der Waals surface area contributed by atoms with E-state index in [4.69, 9.17) is 15.3 Å². The summed E-state index contributed by atoms with van der Waals surface area (Å²) in [7, 11) is 0. The lowest BCUT2D eigenvalue weighted by Gasteiger charge is -2.19. The molecule has 0 aliphatic rings. The van der Waals surface area contributed by atoms with Gasteiger partial charge in [0.1, 0.15) is 5.82 Å². The predicted molar refractivity (Wildman–Crippen MR) is 109 cm³/mol. The molecule has 0 saturated heterocycles. The average Bonchev–Trinajstić information content (AvgIpc) is 2.73. The van der Waals surface area contributed by atoms with Gasteiger partial charge in [0.15, 0.2) is 11.5 Å². The molecule has 1 heterocycles. The number of aliphatic hydroxyl groups is 2. The molecule has 0 saturated carbocycles. The summed E-state index contributed by atoms with van der Waals surface area (Å²) in [5, 5.41) is 21.7. The third kappa shape index (κ3) is 3.73. The highest BCUT2D eigenvalue weighted by Crippen LogP contribution is 2.41. The van der Waals surface area contributed by atoms with Crippen LogP contribution >= 0.6 is 0 Å². The molecule has 28 heavy (non-hydrogen) atoms. The smallest absolute Gasteiger partial charge is 0.161 e. The fourth-order valence-electron chi connectivity index (χ4n) is 3.36. The van der Waals surface area contributed by atoms with E-state index in [0.717, 1.165) is 21.9 Å². The summed E-state index contributed by atoms with van der Waals surface area (Å²) in [5.41, 5.74) is 5.46. The number of fused-ring (bicyclic) bond motifs is 1. The first-order chi connectivity index (χ1) is 13.7. The number of aliphatic hydroxyl groups excluding tert-OH is 2. The molecule has 0 atom stereocenters. The van der Waals surface area contributed by atoms with E-state index >= 15 is 0 Å². The fraction of sp³-hybridized carbons (Fsp3) is 0.286. The number of rotatable bonds is 8. The van der Waals surface area contributed by atoms with Crippen LogP contribution < -0.4 is 20.7 Å². The lowest BCUT2D eigenvalue weighted by Crippen LogP contribution is -2.08. The van der Waals surface area contributed by atoms with Crippen LogP contribution in [-0.2, 0) is 13.2 Å². The first-order valence-corrected chi connectivity index (χ1v) is 9.19. The highest BCUT2D eigenvalue weighted by molar-refractivity contribution is 6.01. The van der Waals surface area contributed by atoms with Gasteiger partial charge in [-0.15, -0.1) is 0 Å². The zero-order chi connectivity index (χ0) is 20.1. The Hall–Kier alpha value is -2.87. The van der Waals surface area contributed by atoms with Gasteiger partial charge in [0.25, 0.3) is 0 Å². The van der Waals surface area contributed by atoms with Crippen LogP contribution in [0.15, 0.2) is 36.5 Å². The molecule has 7 heteroatoms. The molecule has 0 spiro atoms. The first-order valence-electron chi connectivity index (χ1n) is 9.19. The number of benzene rings is 2. The molecular formula is C21H25N3O4. The highest BCUT2D eigenvalue weighted by Gasteiger charge is 2.18. The van der Waals surface area contributed by atoms with Gasteiger partial charge in [-0.2, -0.15) is 0 Å². The van der Waals surface area contributed by atoms with Crippen molar-refractivity contribution in [1.29, 1.82) is 0 Å². The second-order valence-corrected chi connectivity index (χ2v) is 6.17. The van der Waals surface area contributed by atoms with Crippen LogP contribution in [0, 0.1) is 0 Å². The maximum Gasteiger partial charge on any atom is 0.161 e.